The molecule has 104 valence electrons. The molecule has 3 heterocycles. The Bertz CT molecular complexity index is 378. The van der Waals surface area contributed by atoms with E-state index in [-0.39, 0.29) is 0 Å². The minimum Gasteiger partial charge on any atom is -0.317 e. The van der Waals surface area contributed by atoms with Gasteiger partial charge in [-0.3, -0.25) is 9.88 Å². The molecule has 2 atom stereocenters. The molecule has 2 unspecified atom stereocenters. The summed E-state index contributed by atoms with van der Waals surface area (Å²) in [7, 11) is 2.12. The monoisotopic (exact) mass is 259 g/mol. The molecular weight excluding hydrogens is 234 g/mol. The number of pyridine rings is 1. The van der Waals surface area contributed by atoms with E-state index in [4.69, 9.17) is 0 Å². The van der Waals surface area contributed by atoms with E-state index in [0.717, 1.165) is 18.1 Å². The Morgan fingerprint density at radius 3 is 2.53 bits per heavy atom. The van der Waals surface area contributed by atoms with Crippen molar-refractivity contribution in [2.45, 2.75) is 56.7 Å². The summed E-state index contributed by atoms with van der Waals surface area (Å²) in [6.07, 6.45) is 11.9. The molecule has 19 heavy (non-hydrogen) atoms. The predicted octanol–water partition coefficient (Wildman–Crippen LogP) is 2.23. The summed E-state index contributed by atoms with van der Waals surface area (Å²) < 4.78 is 0. The van der Waals surface area contributed by atoms with Gasteiger partial charge >= 0.3 is 0 Å². The van der Waals surface area contributed by atoms with Crippen molar-refractivity contribution in [1.82, 2.24) is 15.2 Å². The van der Waals surface area contributed by atoms with Crippen LogP contribution in [0.3, 0.4) is 0 Å². The van der Waals surface area contributed by atoms with Gasteiger partial charge in [-0.05, 0) is 56.8 Å². The first-order valence-corrected chi connectivity index (χ1v) is 7.68. The quantitative estimate of drug-likeness (QED) is 0.899. The molecule has 3 rings (SSSR count). The lowest BCUT2D eigenvalue weighted by Crippen LogP contribution is -2.56. The molecule has 1 aromatic rings. The molecule has 1 N–H and O–H groups in total. The zero-order valence-corrected chi connectivity index (χ0v) is 11.9. The van der Waals surface area contributed by atoms with Crippen molar-refractivity contribution in [2.24, 2.45) is 0 Å². The number of aromatic nitrogens is 1. The average Bonchev–Trinajstić information content (AvgIpc) is 2.45. The molecule has 0 aromatic carbocycles. The Morgan fingerprint density at radius 2 is 1.89 bits per heavy atom. The summed E-state index contributed by atoms with van der Waals surface area (Å²) in [6.45, 7) is 1.22. The van der Waals surface area contributed by atoms with Crippen molar-refractivity contribution in [3.63, 3.8) is 0 Å². The van der Waals surface area contributed by atoms with Crippen LogP contribution in [-0.4, -0.2) is 41.6 Å². The first-order chi connectivity index (χ1) is 9.36. The molecule has 3 heteroatoms. The molecular formula is C16H25N3. The van der Waals surface area contributed by atoms with Gasteiger partial charge in [0.1, 0.15) is 0 Å². The fourth-order valence-electron chi connectivity index (χ4n) is 3.89. The first kappa shape index (κ1) is 13.1. The highest BCUT2D eigenvalue weighted by Gasteiger charge is 2.37. The van der Waals surface area contributed by atoms with E-state index in [1.54, 1.807) is 0 Å². The summed E-state index contributed by atoms with van der Waals surface area (Å²) in [5, 5.41) is 3.49. The summed E-state index contributed by atoms with van der Waals surface area (Å²) in [5.74, 6) is 0. The molecule has 3 nitrogen and oxygen atoms in total. The SMILES string of the molecule is CNC1CC2CCCC(C1)N2CCc1ccncc1. The molecule has 0 saturated carbocycles. The fraction of sp³-hybridized carbons (Fsp3) is 0.688. The smallest absolute Gasteiger partial charge is 0.0270 e. The minimum atomic E-state index is 0.743. The van der Waals surface area contributed by atoms with E-state index in [0.29, 0.717) is 0 Å². The van der Waals surface area contributed by atoms with Gasteiger partial charge in [-0.2, -0.15) is 0 Å². The molecule has 0 spiro atoms. The van der Waals surface area contributed by atoms with Crippen LogP contribution in [0.5, 0.6) is 0 Å². The Labute approximate surface area is 116 Å². The van der Waals surface area contributed by atoms with Crippen LogP contribution < -0.4 is 5.32 Å². The lowest BCUT2D eigenvalue weighted by Gasteiger charge is -2.49. The maximum atomic E-state index is 4.10. The summed E-state index contributed by atoms with van der Waals surface area (Å²) >= 11 is 0. The van der Waals surface area contributed by atoms with Gasteiger partial charge in [-0.25, -0.2) is 0 Å². The van der Waals surface area contributed by atoms with Crippen molar-refractivity contribution in [3.05, 3.63) is 30.1 Å². The number of fused-ring (bicyclic) bond motifs is 2. The van der Waals surface area contributed by atoms with Crippen molar-refractivity contribution in [3.8, 4) is 0 Å². The van der Waals surface area contributed by atoms with E-state index in [2.05, 4.69) is 34.4 Å². The van der Waals surface area contributed by atoms with E-state index < -0.39 is 0 Å². The summed E-state index contributed by atoms with van der Waals surface area (Å²) in [5.41, 5.74) is 1.42. The second kappa shape index (κ2) is 6.02. The van der Waals surface area contributed by atoms with E-state index in [9.17, 15) is 0 Å². The zero-order valence-electron chi connectivity index (χ0n) is 11.9. The lowest BCUT2D eigenvalue weighted by molar-refractivity contribution is 0.0271. The maximum Gasteiger partial charge on any atom is 0.0270 e. The van der Waals surface area contributed by atoms with Gasteiger partial charge < -0.3 is 5.32 Å². The Balaban J connectivity index is 1.61. The third kappa shape index (κ3) is 2.98. The van der Waals surface area contributed by atoms with Crippen LogP contribution in [0.4, 0.5) is 0 Å². The molecule has 0 radical (unpaired) electrons. The van der Waals surface area contributed by atoms with E-state index in [1.807, 2.05) is 12.4 Å². The molecule has 2 aliphatic rings. The zero-order chi connectivity index (χ0) is 13.1. The molecule has 2 saturated heterocycles. The molecule has 2 aliphatic heterocycles. The molecule has 2 bridgehead atoms. The molecule has 2 fully saturated rings. The van der Waals surface area contributed by atoms with Crippen molar-refractivity contribution >= 4 is 0 Å². The largest absolute Gasteiger partial charge is 0.317 e. The van der Waals surface area contributed by atoms with Gasteiger partial charge in [-0.15, -0.1) is 0 Å². The number of rotatable bonds is 4. The van der Waals surface area contributed by atoms with Crippen LogP contribution in [0.2, 0.25) is 0 Å². The fourth-order valence-corrected chi connectivity index (χ4v) is 3.89. The van der Waals surface area contributed by atoms with Crippen LogP contribution >= 0.6 is 0 Å². The Morgan fingerprint density at radius 1 is 1.21 bits per heavy atom. The molecule has 1 aromatic heterocycles. The van der Waals surface area contributed by atoms with E-state index >= 15 is 0 Å². The van der Waals surface area contributed by atoms with Crippen LogP contribution in [0.1, 0.15) is 37.7 Å². The van der Waals surface area contributed by atoms with Crippen molar-refractivity contribution in [2.75, 3.05) is 13.6 Å². The number of nitrogens with one attached hydrogen (secondary N) is 1. The van der Waals surface area contributed by atoms with Gasteiger partial charge in [0.15, 0.2) is 0 Å². The number of hydrogen-bond acceptors (Lipinski definition) is 3. The van der Waals surface area contributed by atoms with Gasteiger partial charge in [0.05, 0.1) is 0 Å². The van der Waals surface area contributed by atoms with Crippen LogP contribution in [-0.2, 0) is 6.42 Å². The van der Waals surface area contributed by atoms with Gasteiger partial charge in [0.2, 0.25) is 0 Å². The third-order valence-corrected chi connectivity index (χ3v) is 4.94. The normalized spacial score (nSPS) is 31.3. The molecule has 0 amide bonds. The summed E-state index contributed by atoms with van der Waals surface area (Å²) in [4.78, 5) is 6.89. The summed E-state index contributed by atoms with van der Waals surface area (Å²) in [6, 6.07) is 6.66. The molecule has 0 aliphatic carbocycles. The topological polar surface area (TPSA) is 28.2 Å². The minimum absolute atomic E-state index is 0.743. The van der Waals surface area contributed by atoms with Crippen LogP contribution in [0.15, 0.2) is 24.5 Å². The number of nitrogens with zero attached hydrogens (tertiary/aromatic N) is 2. The second-order valence-corrected chi connectivity index (χ2v) is 6.04. The Hall–Kier alpha value is -0.930. The third-order valence-electron chi connectivity index (χ3n) is 4.94. The van der Waals surface area contributed by atoms with E-state index in [1.165, 1.54) is 50.6 Å². The van der Waals surface area contributed by atoms with Crippen LogP contribution in [0, 0.1) is 0 Å². The highest BCUT2D eigenvalue weighted by molar-refractivity contribution is 5.10. The van der Waals surface area contributed by atoms with Crippen molar-refractivity contribution < 1.29 is 0 Å². The first-order valence-electron chi connectivity index (χ1n) is 7.68. The maximum absolute atomic E-state index is 4.10. The number of piperidine rings is 2. The lowest BCUT2D eigenvalue weighted by atomic mass is 9.81. The Kier molecular flexibility index (Phi) is 4.14. The van der Waals surface area contributed by atoms with Crippen molar-refractivity contribution in [1.29, 1.82) is 0 Å². The van der Waals surface area contributed by atoms with Gasteiger partial charge in [0, 0.05) is 37.1 Å². The van der Waals surface area contributed by atoms with Gasteiger partial charge in [-0.1, -0.05) is 6.42 Å². The van der Waals surface area contributed by atoms with Gasteiger partial charge in [0.25, 0.3) is 0 Å². The predicted molar refractivity (Wildman–Crippen MR) is 78.2 cm³/mol. The highest BCUT2D eigenvalue weighted by atomic mass is 15.2. The number of hydrogen-bond donors (Lipinski definition) is 1. The second-order valence-electron chi connectivity index (χ2n) is 6.04. The highest BCUT2D eigenvalue weighted by Crippen LogP contribution is 2.33. The van der Waals surface area contributed by atoms with Crippen LogP contribution in [0.25, 0.3) is 0 Å². The average molecular weight is 259 g/mol. The standard InChI is InChI=1S/C16H25N3/c1-17-14-11-15-3-2-4-16(12-14)19(15)10-7-13-5-8-18-9-6-13/h5-6,8-9,14-17H,2-4,7,10-12H2,1H3.